The van der Waals surface area contributed by atoms with Crippen molar-refractivity contribution in [2.75, 3.05) is 13.1 Å². The normalized spacial score (nSPS) is 25.4. The molecule has 1 fully saturated rings. The zero-order valence-corrected chi connectivity index (χ0v) is 12.4. The SMILES string of the molecule is CCC1(c2nc(C3Cc4ccccc4C3)no2)CCNC1. The van der Waals surface area contributed by atoms with Crippen LogP contribution in [0.2, 0.25) is 0 Å². The second kappa shape index (κ2) is 4.95. The van der Waals surface area contributed by atoms with E-state index in [0.29, 0.717) is 5.92 Å². The Morgan fingerprint density at radius 3 is 2.67 bits per heavy atom. The molecule has 1 aromatic heterocycles. The Kier molecular flexibility index (Phi) is 3.07. The molecule has 1 aliphatic carbocycles. The van der Waals surface area contributed by atoms with E-state index in [2.05, 4.69) is 41.7 Å². The summed E-state index contributed by atoms with van der Waals surface area (Å²) in [6, 6.07) is 8.65. The molecule has 1 atom stereocenters. The molecule has 0 bridgehead atoms. The molecule has 4 heteroatoms. The second-order valence-corrected chi connectivity index (χ2v) is 6.39. The van der Waals surface area contributed by atoms with E-state index in [1.165, 1.54) is 11.1 Å². The van der Waals surface area contributed by atoms with Gasteiger partial charge in [-0.15, -0.1) is 0 Å². The Labute approximate surface area is 124 Å². The van der Waals surface area contributed by atoms with Crippen molar-refractivity contribution in [2.45, 2.75) is 43.9 Å². The van der Waals surface area contributed by atoms with E-state index < -0.39 is 0 Å². The van der Waals surface area contributed by atoms with E-state index in [-0.39, 0.29) is 5.41 Å². The quantitative estimate of drug-likeness (QED) is 0.940. The molecule has 0 saturated carbocycles. The minimum atomic E-state index is 0.0523. The predicted octanol–water partition coefficient (Wildman–Crippen LogP) is 2.59. The summed E-state index contributed by atoms with van der Waals surface area (Å²) in [6.45, 7) is 4.21. The van der Waals surface area contributed by atoms with Crippen molar-refractivity contribution in [1.29, 1.82) is 0 Å². The predicted molar refractivity (Wildman–Crippen MR) is 80.3 cm³/mol. The molecule has 0 radical (unpaired) electrons. The van der Waals surface area contributed by atoms with Gasteiger partial charge in [0.15, 0.2) is 5.82 Å². The maximum Gasteiger partial charge on any atom is 0.234 e. The third-order valence-corrected chi connectivity index (χ3v) is 5.23. The third-order valence-electron chi connectivity index (χ3n) is 5.23. The Morgan fingerprint density at radius 2 is 2.05 bits per heavy atom. The molecule has 21 heavy (non-hydrogen) atoms. The van der Waals surface area contributed by atoms with Crippen LogP contribution in [-0.2, 0) is 18.3 Å². The molecule has 2 aromatic rings. The molecular weight excluding hydrogens is 262 g/mol. The van der Waals surface area contributed by atoms with E-state index >= 15 is 0 Å². The van der Waals surface area contributed by atoms with Crippen LogP contribution in [0.5, 0.6) is 0 Å². The lowest BCUT2D eigenvalue weighted by atomic mass is 9.84. The smallest absolute Gasteiger partial charge is 0.234 e. The zero-order chi connectivity index (χ0) is 14.3. The van der Waals surface area contributed by atoms with Gasteiger partial charge >= 0.3 is 0 Å². The standard InChI is InChI=1S/C17H21N3O/c1-2-17(7-8-18-11-17)16-19-15(20-21-16)14-9-12-5-3-4-6-13(12)10-14/h3-6,14,18H,2,7-11H2,1H3. The van der Waals surface area contributed by atoms with Crippen molar-refractivity contribution in [3.8, 4) is 0 Å². The first-order chi connectivity index (χ1) is 10.3. The highest BCUT2D eigenvalue weighted by atomic mass is 16.5. The lowest BCUT2D eigenvalue weighted by molar-refractivity contribution is 0.283. The van der Waals surface area contributed by atoms with E-state index in [4.69, 9.17) is 9.51 Å². The number of benzene rings is 1. The summed E-state index contributed by atoms with van der Waals surface area (Å²) in [4.78, 5) is 4.78. The van der Waals surface area contributed by atoms with Gasteiger partial charge in [-0.3, -0.25) is 0 Å². The maximum absolute atomic E-state index is 5.65. The first-order valence-corrected chi connectivity index (χ1v) is 7.92. The van der Waals surface area contributed by atoms with Crippen LogP contribution in [-0.4, -0.2) is 23.2 Å². The molecule has 1 N–H and O–H groups in total. The molecule has 4 rings (SSSR count). The summed E-state index contributed by atoms with van der Waals surface area (Å²) in [5, 5.41) is 7.73. The highest BCUT2D eigenvalue weighted by Crippen LogP contribution is 2.36. The molecule has 0 spiro atoms. The fraction of sp³-hybridized carbons (Fsp3) is 0.529. The van der Waals surface area contributed by atoms with Crippen molar-refractivity contribution in [2.24, 2.45) is 0 Å². The number of aromatic nitrogens is 2. The fourth-order valence-corrected chi connectivity index (χ4v) is 3.74. The van der Waals surface area contributed by atoms with Gasteiger partial charge in [-0.1, -0.05) is 36.3 Å². The average molecular weight is 283 g/mol. The van der Waals surface area contributed by atoms with Crippen LogP contribution in [0.15, 0.2) is 28.8 Å². The fourth-order valence-electron chi connectivity index (χ4n) is 3.74. The van der Waals surface area contributed by atoms with Gasteiger partial charge in [-0.25, -0.2) is 0 Å². The Bertz CT molecular complexity index is 618. The number of nitrogens with one attached hydrogen (secondary N) is 1. The van der Waals surface area contributed by atoms with Crippen LogP contribution in [0.25, 0.3) is 0 Å². The number of fused-ring (bicyclic) bond motifs is 1. The molecule has 1 saturated heterocycles. The zero-order valence-electron chi connectivity index (χ0n) is 12.4. The first kappa shape index (κ1) is 13.0. The van der Waals surface area contributed by atoms with Gasteiger partial charge in [0.05, 0.1) is 5.41 Å². The first-order valence-electron chi connectivity index (χ1n) is 7.92. The lowest BCUT2D eigenvalue weighted by Gasteiger charge is -2.20. The van der Waals surface area contributed by atoms with Crippen molar-refractivity contribution < 1.29 is 4.52 Å². The van der Waals surface area contributed by atoms with Crippen LogP contribution in [0.4, 0.5) is 0 Å². The second-order valence-electron chi connectivity index (χ2n) is 6.39. The van der Waals surface area contributed by atoms with Gasteiger partial charge in [-0.05, 0) is 43.4 Å². The van der Waals surface area contributed by atoms with Crippen LogP contribution in [0.3, 0.4) is 0 Å². The van der Waals surface area contributed by atoms with Crippen molar-refractivity contribution in [3.05, 3.63) is 47.1 Å². The highest BCUT2D eigenvalue weighted by Gasteiger charge is 2.40. The largest absolute Gasteiger partial charge is 0.339 e. The van der Waals surface area contributed by atoms with Crippen molar-refractivity contribution >= 4 is 0 Å². The molecule has 4 nitrogen and oxygen atoms in total. The van der Waals surface area contributed by atoms with Crippen LogP contribution < -0.4 is 5.32 Å². The van der Waals surface area contributed by atoms with Gasteiger partial charge < -0.3 is 9.84 Å². The Morgan fingerprint density at radius 1 is 1.29 bits per heavy atom. The van der Waals surface area contributed by atoms with Crippen LogP contribution in [0.1, 0.15) is 48.5 Å². The Hall–Kier alpha value is -1.68. The van der Waals surface area contributed by atoms with Crippen molar-refractivity contribution in [3.63, 3.8) is 0 Å². The number of rotatable bonds is 3. The molecule has 1 aromatic carbocycles. The number of hydrogen-bond donors (Lipinski definition) is 1. The molecule has 2 aliphatic rings. The van der Waals surface area contributed by atoms with Gasteiger partial charge in [0, 0.05) is 12.5 Å². The molecule has 2 heterocycles. The summed E-state index contributed by atoms with van der Waals surface area (Å²) in [7, 11) is 0. The monoisotopic (exact) mass is 283 g/mol. The van der Waals surface area contributed by atoms with Gasteiger partial charge in [0.2, 0.25) is 5.89 Å². The van der Waals surface area contributed by atoms with E-state index in [0.717, 1.165) is 50.5 Å². The minimum absolute atomic E-state index is 0.0523. The number of hydrogen-bond acceptors (Lipinski definition) is 4. The number of nitrogens with zero attached hydrogens (tertiary/aromatic N) is 2. The summed E-state index contributed by atoms with van der Waals surface area (Å²) in [5.74, 6) is 2.10. The lowest BCUT2D eigenvalue weighted by Crippen LogP contribution is -2.28. The van der Waals surface area contributed by atoms with Crippen LogP contribution in [0, 0.1) is 0 Å². The van der Waals surface area contributed by atoms with Crippen LogP contribution >= 0.6 is 0 Å². The average Bonchev–Trinajstić information content (AvgIpc) is 3.24. The van der Waals surface area contributed by atoms with Gasteiger partial charge in [-0.2, -0.15) is 4.98 Å². The molecular formula is C17H21N3O. The van der Waals surface area contributed by atoms with Gasteiger partial charge in [0.1, 0.15) is 0 Å². The Balaban J connectivity index is 1.59. The molecule has 1 unspecified atom stereocenters. The van der Waals surface area contributed by atoms with Crippen molar-refractivity contribution in [1.82, 2.24) is 15.5 Å². The third kappa shape index (κ3) is 2.09. The van der Waals surface area contributed by atoms with E-state index in [1.54, 1.807) is 0 Å². The topological polar surface area (TPSA) is 51.0 Å². The highest BCUT2D eigenvalue weighted by molar-refractivity contribution is 5.35. The van der Waals surface area contributed by atoms with E-state index in [9.17, 15) is 0 Å². The van der Waals surface area contributed by atoms with Gasteiger partial charge in [0.25, 0.3) is 0 Å². The summed E-state index contributed by atoms with van der Waals surface area (Å²) < 4.78 is 5.65. The minimum Gasteiger partial charge on any atom is -0.339 e. The molecule has 110 valence electrons. The summed E-state index contributed by atoms with van der Waals surface area (Å²) >= 11 is 0. The summed E-state index contributed by atoms with van der Waals surface area (Å²) in [5.41, 5.74) is 2.92. The summed E-state index contributed by atoms with van der Waals surface area (Å²) in [6.07, 6.45) is 4.21. The maximum atomic E-state index is 5.65. The van der Waals surface area contributed by atoms with E-state index in [1.807, 2.05) is 0 Å². The molecule has 0 amide bonds. The molecule has 1 aliphatic heterocycles.